The first-order valence-corrected chi connectivity index (χ1v) is 11.3. The van der Waals surface area contributed by atoms with Gasteiger partial charge in [0.2, 0.25) is 0 Å². The van der Waals surface area contributed by atoms with E-state index < -0.39 is 0 Å². The molecule has 1 fully saturated rings. The maximum atomic E-state index is 4.88. The van der Waals surface area contributed by atoms with Gasteiger partial charge >= 0.3 is 0 Å². The van der Waals surface area contributed by atoms with Gasteiger partial charge in [0.05, 0.1) is 12.2 Å². The molecule has 6 nitrogen and oxygen atoms in total. The molecule has 0 amide bonds. The van der Waals surface area contributed by atoms with E-state index in [0.717, 1.165) is 37.2 Å². The first-order valence-electron chi connectivity index (χ1n) is 11.3. The van der Waals surface area contributed by atoms with Crippen LogP contribution in [0.15, 0.2) is 29.3 Å². The van der Waals surface area contributed by atoms with Gasteiger partial charge in [-0.2, -0.15) is 5.10 Å². The van der Waals surface area contributed by atoms with E-state index in [-0.39, 0.29) is 0 Å². The molecule has 0 aliphatic carbocycles. The van der Waals surface area contributed by atoms with Crippen molar-refractivity contribution in [1.29, 1.82) is 0 Å². The summed E-state index contributed by atoms with van der Waals surface area (Å²) in [6, 6.07) is 8.74. The molecule has 1 unspecified atom stereocenters. The minimum Gasteiger partial charge on any atom is -0.357 e. The third kappa shape index (κ3) is 5.85. The van der Waals surface area contributed by atoms with Gasteiger partial charge in [-0.15, -0.1) is 0 Å². The molecule has 0 spiro atoms. The normalized spacial score (nSPS) is 17.9. The standard InChI is InChI=1S/C24H38N6/c1-6-25-24(27-15-23-19(3)28-29(5)20(23)4)26-14-21-11-7-8-12-22(21)17-30-13-9-10-18(2)16-30/h7-8,11-12,18H,6,9-10,13-17H2,1-5H3,(H2,25,26,27). The molecule has 1 aliphatic heterocycles. The highest BCUT2D eigenvalue weighted by Crippen LogP contribution is 2.20. The quantitative estimate of drug-likeness (QED) is 0.542. The number of rotatable bonds is 7. The molecule has 164 valence electrons. The van der Waals surface area contributed by atoms with Crippen LogP contribution >= 0.6 is 0 Å². The van der Waals surface area contributed by atoms with E-state index in [1.54, 1.807) is 0 Å². The van der Waals surface area contributed by atoms with E-state index >= 15 is 0 Å². The first-order chi connectivity index (χ1) is 14.5. The highest BCUT2D eigenvalue weighted by atomic mass is 15.3. The summed E-state index contributed by atoms with van der Waals surface area (Å²) in [5.74, 6) is 1.65. The summed E-state index contributed by atoms with van der Waals surface area (Å²) in [4.78, 5) is 7.47. The number of likely N-dealkylation sites (tertiary alicyclic amines) is 1. The third-order valence-electron chi connectivity index (χ3n) is 6.10. The molecule has 1 aromatic heterocycles. The van der Waals surface area contributed by atoms with Crippen LogP contribution < -0.4 is 10.6 Å². The van der Waals surface area contributed by atoms with Gasteiger partial charge in [0, 0.05) is 44.5 Å². The lowest BCUT2D eigenvalue weighted by molar-refractivity contribution is 0.176. The number of nitrogens with one attached hydrogen (secondary N) is 2. The van der Waals surface area contributed by atoms with Crippen molar-refractivity contribution in [3.05, 3.63) is 52.3 Å². The second kappa shape index (κ2) is 10.6. The Morgan fingerprint density at radius 2 is 1.97 bits per heavy atom. The van der Waals surface area contributed by atoms with Gasteiger partial charge in [-0.05, 0) is 57.2 Å². The van der Waals surface area contributed by atoms with Gasteiger partial charge in [-0.1, -0.05) is 31.2 Å². The summed E-state index contributed by atoms with van der Waals surface area (Å²) in [7, 11) is 1.99. The molecular weight excluding hydrogens is 372 g/mol. The number of benzene rings is 1. The minimum atomic E-state index is 0.680. The molecule has 0 radical (unpaired) electrons. The van der Waals surface area contributed by atoms with Crippen LogP contribution in [0, 0.1) is 19.8 Å². The first kappa shape index (κ1) is 22.3. The summed E-state index contributed by atoms with van der Waals surface area (Å²) < 4.78 is 1.94. The molecule has 30 heavy (non-hydrogen) atoms. The van der Waals surface area contributed by atoms with Crippen LogP contribution in [-0.2, 0) is 26.7 Å². The fourth-order valence-electron chi connectivity index (χ4n) is 4.29. The second-order valence-corrected chi connectivity index (χ2v) is 8.57. The monoisotopic (exact) mass is 410 g/mol. The highest BCUT2D eigenvalue weighted by Gasteiger charge is 2.17. The maximum Gasteiger partial charge on any atom is 0.191 e. The van der Waals surface area contributed by atoms with Gasteiger partial charge in [-0.3, -0.25) is 9.58 Å². The predicted octanol–water partition coefficient (Wildman–Crippen LogP) is 3.52. The lowest BCUT2D eigenvalue weighted by Gasteiger charge is -2.31. The van der Waals surface area contributed by atoms with Crippen molar-refractivity contribution < 1.29 is 0 Å². The Kier molecular flexibility index (Phi) is 7.91. The molecule has 0 saturated carbocycles. The molecule has 2 heterocycles. The number of aliphatic imine (C=N–C) groups is 1. The molecule has 3 rings (SSSR count). The predicted molar refractivity (Wildman–Crippen MR) is 124 cm³/mol. The highest BCUT2D eigenvalue weighted by molar-refractivity contribution is 5.79. The van der Waals surface area contributed by atoms with Crippen LogP contribution in [0.2, 0.25) is 0 Å². The Morgan fingerprint density at radius 3 is 2.63 bits per heavy atom. The van der Waals surface area contributed by atoms with E-state index in [1.165, 1.54) is 48.3 Å². The van der Waals surface area contributed by atoms with Crippen LogP contribution in [0.1, 0.15) is 54.8 Å². The van der Waals surface area contributed by atoms with Gasteiger partial charge in [0.15, 0.2) is 5.96 Å². The number of aromatic nitrogens is 2. The Morgan fingerprint density at radius 1 is 1.20 bits per heavy atom. The topological polar surface area (TPSA) is 57.5 Å². The molecule has 2 aromatic rings. The number of guanidine groups is 1. The largest absolute Gasteiger partial charge is 0.357 e. The van der Waals surface area contributed by atoms with E-state index in [1.807, 2.05) is 11.7 Å². The van der Waals surface area contributed by atoms with Gasteiger partial charge in [-0.25, -0.2) is 4.99 Å². The van der Waals surface area contributed by atoms with Crippen molar-refractivity contribution in [2.75, 3.05) is 19.6 Å². The minimum absolute atomic E-state index is 0.680. The molecule has 1 saturated heterocycles. The van der Waals surface area contributed by atoms with E-state index in [9.17, 15) is 0 Å². The van der Waals surface area contributed by atoms with Crippen molar-refractivity contribution in [2.45, 2.75) is 60.2 Å². The summed E-state index contributed by atoms with van der Waals surface area (Å²) in [5, 5.41) is 11.4. The summed E-state index contributed by atoms with van der Waals surface area (Å²) in [6.07, 6.45) is 2.67. The molecule has 1 aromatic carbocycles. The van der Waals surface area contributed by atoms with Crippen LogP contribution in [0.3, 0.4) is 0 Å². The smallest absolute Gasteiger partial charge is 0.191 e. The number of piperidine rings is 1. The Balaban J connectivity index is 1.67. The van der Waals surface area contributed by atoms with Crippen LogP contribution in [-0.4, -0.2) is 40.3 Å². The van der Waals surface area contributed by atoms with Gasteiger partial charge in [0.1, 0.15) is 0 Å². The molecule has 6 heteroatoms. The average molecular weight is 411 g/mol. The number of aryl methyl sites for hydroxylation is 2. The number of hydrogen-bond acceptors (Lipinski definition) is 3. The van der Waals surface area contributed by atoms with Gasteiger partial charge in [0.25, 0.3) is 0 Å². The number of nitrogens with zero attached hydrogens (tertiary/aromatic N) is 4. The third-order valence-corrected chi connectivity index (χ3v) is 6.10. The zero-order valence-corrected chi connectivity index (χ0v) is 19.3. The van der Waals surface area contributed by atoms with Gasteiger partial charge < -0.3 is 10.6 Å². The molecule has 1 atom stereocenters. The molecule has 0 bridgehead atoms. The molecule has 1 aliphatic rings. The second-order valence-electron chi connectivity index (χ2n) is 8.57. The van der Waals surface area contributed by atoms with E-state index in [4.69, 9.17) is 4.99 Å². The van der Waals surface area contributed by atoms with Crippen molar-refractivity contribution in [3.8, 4) is 0 Å². The average Bonchev–Trinajstić information content (AvgIpc) is 2.96. The lowest BCUT2D eigenvalue weighted by Crippen LogP contribution is -2.37. The van der Waals surface area contributed by atoms with Crippen molar-refractivity contribution in [2.24, 2.45) is 18.0 Å². The Bertz CT molecular complexity index is 853. The number of hydrogen-bond donors (Lipinski definition) is 2. The van der Waals surface area contributed by atoms with Crippen molar-refractivity contribution >= 4 is 5.96 Å². The SMILES string of the molecule is CCNC(=NCc1ccccc1CN1CCCC(C)C1)NCc1c(C)nn(C)c1C. The lowest BCUT2D eigenvalue weighted by atomic mass is 9.99. The fraction of sp³-hybridized carbons (Fsp3) is 0.583. The summed E-state index contributed by atoms with van der Waals surface area (Å²) >= 11 is 0. The summed E-state index contributed by atoms with van der Waals surface area (Å²) in [5.41, 5.74) is 6.20. The van der Waals surface area contributed by atoms with Crippen LogP contribution in [0.5, 0.6) is 0 Å². The van der Waals surface area contributed by atoms with Crippen LogP contribution in [0.4, 0.5) is 0 Å². The zero-order valence-electron chi connectivity index (χ0n) is 19.3. The molecular formula is C24H38N6. The Hall–Kier alpha value is -2.34. The zero-order chi connectivity index (χ0) is 21.5. The van der Waals surface area contributed by atoms with E-state index in [2.05, 4.69) is 72.6 Å². The van der Waals surface area contributed by atoms with Crippen molar-refractivity contribution in [3.63, 3.8) is 0 Å². The van der Waals surface area contributed by atoms with Crippen molar-refractivity contribution in [1.82, 2.24) is 25.3 Å². The Labute approximate surface area is 181 Å². The van der Waals surface area contributed by atoms with Crippen LogP contribution in [0.25, 0.3) is 0 Å². The maximum absolute atomic E-state index is 4.88. The van der Waals surface area contributed by atoms with E-state index in [0.29, 0.717) is 6.54 Å². The summed E-state index contributed by atoms with van der Waals surface area (Å²) in [6.45, 7) is 14.3. The molecule has 2 N–H and O–H groups in total. The fourth-order valence-corrected chi connectivity index (χ4v) is 4.29.